The van der Waals surface area contributed by atoms with Crippen LogP contribution in [-0.2, 0) is 19.3 Å². The normalized spacial score (nSPS) is 19.2. The van der Waals surface area contributed by atoms with Gasteiger partial charge in [0.25, 0.3) is 0 Å². The van der Waals surface area contributed by atoms with Crippen molar-refractivity contribution in [3.05, 3.63) is 36.0 Å². The molecule has 2 aliphatic rings. The fraction of sp³-hybridized carbons (Fsp3) is 0.560. The highest BCUT2D eigenvalue weighted by atomic mass is 32.2. The highest BCUT2D eigenvalue weighted by molar-refractivity contribution is 7.92. The van der Waals surface area contributed by atoms with Gasteiger partial charge in [0.2, 0.25) is 0 Å². The number of carbonyl (C=O) groups excluding carboxylic acids is 1. The van der Waals surface area contributed by atoms with Crippen molar-refractivity contribution in [2.24, 2.45) is 0 Å². The van der Waals surface area contributed by atoms with E-state index in [-0.39, 0.29) is 17.8 Å². The Bertz CT molecular complexity index is 1180. The smallest absolute Gasteiger partial charge is 0.319 e. The summed E-state index contributed by atoms with van der Waals surface area (Å²) in [4.78, 5) is 25.9. The van der Waals surface area contributed by atoms with Gasteiger partial charge in [-0.2, -0.15) is 0 Å². The van der Waals surface area contributed by atoms with E-state index in [0.29, 0.717) is 62.2 Å². The first kappa shape index (κ1) is 26.3. The number of aromatic nitrogens is 2. The molecule has 1 aromatic carbocycles. The fourth-order valence-electron chi connectivity index (χ4n) is 4.40. The summed E-state index contributed by atoms with van der Waals surface area (Å²) in [6.07, 6.45) is 1.15. The van der Waals surface area contributed by atoms with Crippen molar-refractivity contribution in [3.8, 4) is 11.4 Å². The van der Waals surface area contributed by atoms with Crippen molar-refractivity contribution >= 4 is 27.4 Å². The molecule has 1 saturated heterocycles. The van der Waals surface area contributed by atoms with E-state index in [1.807, 2.05) is 37.2 Å². The molecule has 1 atom stereocenters. The summed E-state index contributed by atoms with van der Waals surface area (Å²) in [6.45, 7) is 6.90. The number of nitrogens with zero attached hydrogens (tertiary/aromatic N) is 4. The Hall–Kier alpha value is -2.76. The lowest BCUT2D eigenvalue weighted by Crippen LogP contribution is -2.44. The topological polar surface area (TPSA) is 117 Å². The van der Waals surface area contributed by atoms with Gasteiger partial charge in [-0.15, -0.1) is 0 Å². The van der Waals surface area contributed by atoms with Crippen molar-refractivity contribution in [2.75, 3.05) is 62.9 Å². The molecule has 1 aliphatic heterocycles. The third-order valence-corrected chi connectivity index (χ3v) is 9.33. The zero-order valence-corrected chi connectivity index (χ0v) is 22.3. The van der Waals surface area contributed by atoms with Crippen LogP contribution in [0.25, 0.3) is 11.4 Å². The maximum atomic E-state index is 13.0. The molecule has 2 fully saturated rings. The summed E-state index contributed by atoms with van der Waals surface area (Å²) in [6, 6.07) is 8.97. The van der Waals surface area contributed by atoms with Crippen LogP contribution >= 0.6 is 0 Å². The summed E-state index contributed by atoms with van der Waals surface area (Å²) >= 11 is 0. The summed E-state index contributed by atoms with van der Waals surface area (Å²) in [5.74, 6) is 1.26. The number of rotatable bonds is 9. The molecule has 196 valence electrons. The Kier molecular flexibility index (Phi) is 7.82. The van der Waals surface area contributed by atoms with Gasteiger partial charge in [0.05, 0.1) is 24.9 Å². The number of carbonyl (C=O) groups is 1. The number of hydrogen-bond donors (Lipinski definition) is 2. The van der Waals surface area contributed by atoms with E-state index in [4.69, 9.17) is 14.7 Å². The van der Waals surface area contributed by atoms with E-state index in [0.717, 1.165) is 12.1 Å². The van der Waals surface area contributed by atoms with Crippen LogP contribution in [0.5, 0.6) is 0 Å². The third kappa shape index (κ3) is 5.63. The molecule has 0 bridgehead atoms. The predicted molar refractivity (Wildman–Crippen MR) is 141 cm³/mol. The van der Waals surface area contributed by atoms with Crippen molar-refractivity contribution in [1.82, 2.24) is 20.2 Å². The largest absolute Gasteiger partial charge is 0.377 e. The van der Waals surface area contributed by atoms with Gasteiger partial charge in [-0.25, -0.2) is 23.2 Å². The molecular weight excluding hydrogens is 480 g/mol. The standard InChI is InChI=1S/C25H36N6O4S/c1-5-36(33,34)25(10-11-25)21-16-22(31-14-15-35-17-18(31)2)29-23(28-21)19-6-8-20(9-7-19)27-24(32)26-12-13-30(3)4/h6-9,16,18H,5,10-15,17H2,1-4H3,(H2,26,27,32)/t18-/m0/s1. The van der Waals surface area contributed by atoms with Gasteiger partial charge in [-0.3, -0.25) is 0 Å². The van der Waals surface area contributed by atoms with Crippen LogP contribution in [0.3, 0.4) is 0 Å². The first-order chi connectivity index (χ1) is 17.1. The van der Waals surface area contributed by atoms with Gasteiger partial charge in [-0.05, 0) is 58.1 Å². The maximum absolute atomic E-state index is 13.0. The lowest BCUT2D eigenvalue weighted by molar-refractivity contribution is 0.0985. The summed E-state index contributed by atoms with van der Waals surface area (Å²) in [5, 5.41) is 5.64. The number of urea groups is 1. The zero-order chi connectivity index (χ0) is 25.9. The van der Waals surface area contributed by atoms with Gasteiger partial charge < -0.3 is 25.2 Å². The first-order valence-corrected chi connectivity index (χ1v) is 14.1. The van der Waals surface area contributed by atoms with Crippen molar-refractivity contribution in [1.29, 1.82) is 0 Å². The third-order valence-electron chi connectivity index (χ3n) is 6.77. The Balaban J connectivity index is 1.62. The van der Waals surface area contributed by atoms with Crippen LogP contribution in [0.15, 0.2) is 30.3 Å². The van der Waals surface area contributed by atoms with Crippen LogP contribution in [-0.4, -0.2) is 88.1 Å². The number of likely N-dealkylation sites (N-methyl/N-ethyl adjacent to an activating group) is 1. The number of nitrogens with one attached hydrogen (secondary N) is 2. The molecule has 0 unspecified atom stereocenters. The Morgan fingerprint density at radius 1 is 1.22 bits per heavy atom. The molecule has 36 heavy (non-hydrogen) atoms. The molecular formula is C25H36N6O4S. The summed E-state index contributed by atoms with van der Waals surface area (Å²) < 4.78 is 30.7. The molecule has 0 spiro atoms. The van der Waals surface area contributed by atoms with Crippen molar-refractivity contribution < 1.29 is 17.9 Å². The first-order valence-electron chi connectivity index (χ1n) is 12.4. The van der Waals surface area contributed by atoms with E-state index >= 15 is 0 Å². The molecule has 1 aromatic heterocycles. The minimum atomic E-state index is -3.32. The number of amides is 2. The molecule has 2 N–H and O–H groups in total. The minimum absolute atomic E-state index is 0.0760. The summed E-state index contributed by atoms with van der Waals surface area (Å²) in [5.41, 5.74) is 1.96. The molecule has 1 saturated carbocycles. The Morgan fingerprint density at radius 2 is 1.94 bits per heavy atom. The number of anilines is 2. The summed E-state index contributed by atoms with van der Waals surface area (Å²) in [7, 11) is 0.571. The van der Waals surface area contributed by atoms with E-state index in [9.17, 15) is 13.2 Å². The highest BCUT2D eigenvalue weighted by Crippen LogP contribution is 2.53. The number of sulfone groups is 1. The van der Waals surface area contributed by atoms with Crippen molar-refractivity contribution in [2.45, 2.75) is 37.5 Å². The Labute approximate surface area is 213 Å². The second kappa shape index (κ2) is 10.7. The predicted octanol–water partition coefficient (Wildman–Crippen LogP) is 2.48. The van der Waals surface area contributed by atoms with Gasteiger partial charge in [0.1, 0.15) is 10.6 Å². The lowest BCUT2D eigenvalue weighted by atomic mass is 10.1. The second-order valence-electron chi connectivity index (χ2n) is 9.71. The van der Waals surface area contributed by atoms with Crippen LogP contribution < -0.4 is 15.5 Å². The van der Waals surface area contributed by atoms with E-state index < -0.39 is 14.6 Å². The van der Waals surface area contributed by atoms with Crippen LogP contribution in [0.1, 0.15) is 32.4 Å². The monoisotopic (exact) mass is 516 g/mol. The number of ether oxygens (including phenoxy) is 1. The molecule has 4 rings (SSSR count). The fourth-order valence-corrected chi connectivity index (χ4v) is 6.10. The average molecular weight is 517 g/mol. The lowest BCUT2D eigenvalue weighted by Gasteiger charge is -2.34. The van der Waals surface area contributed by atoms with Crippen LogP contribution in [0.4, 0.5) is 16.3 Å². The van der Waals surface area contributed by atoms with Gasteiger partial charge in [-0.1, -0.05) is 6.92 Å². The maximum Gasteiger partial charge on any atom is 0.319 e. The average Bonchev–Trinajstić information content (AvgIpc) is 3.67. The van der Waals surface area contributed by atoms with E-state index in [1.165, 1.54) is 0 Å². The minimum Gasteiger partial charge on any atom is -0.377 e. The Morgan fingerprint density at radius 3 is 2.56 bits per heavy atom. The molecule has 2 heterocycles. The van der Waals surface area contributed by atoms with E-state index in [2.05, 4.69) is 22.5 Å². The molecule has 1 aliphatic carbocycles. The van der Waals surface area contributed by atoms with Crippen molar-refractivity contribution in [3.63, 3.8) is 0 Å². The SMILES string of the molecule is CCS(=O)(=O)C1(c2cc(N3CCOC[C@@H]3C)nc(-c3ccc(NC(=O)NCCN(C)C)cc3)n2)CC1. The molecule has 2 aromatic rings. The number of morpholine rings is 1. The molecule has 2 amide bonds. The van der Waals surface area contributed by atoms with Crippen LogP contribution in [0.2, 0.25) is 0 Å². The number of hydrogen-bond acceptors (Lipinski definition) is 8. The molecule has 0 radical (unpaired) electrons. The quantitative estimate of drug-likeness (QED) is 0.522. The zero-order valence-electron chi connectivity index (χ0n) is 21.5. The van der Waals surface area contributed by atoms with Gasteiger partial charge in [0.15, 0.2) is 15.7 Å². The highest BCUT2D eigenvalue weighted by Gasteiger charge is 2.56. The van der Waals surface area contributed by atoms with Gasteiger partial charge in [0, 0.05) is 42.7 Å². The van der Waals surface area contributed by atoms with Gasteiger partial charge >= 0.3 is 6.03 Å². The van der Waals surface area contributed by atoms with Crippen LogP contribution in [0, 0.1) is 0 Å². The second-order valence-corrected chi connectivity index (χ2v) is 12.3. The molecule has 11 heteroatoms. The molecule has 10 nitrogen and oxygen atoms in total. The van der Waals surface area contributed by atoms with E-state index in [1.54, 1.807) is 19.1 Å². The number of benzene rings is 1.